The number of rotatable bonds is 3. The van der Waals surface area contributed by atoms with Gasteiger partial charge in [-0.1, -0.05) is 32.9 Å². The van der Waals surface area contributed by atoms with E-state index in [0.717, 1.165) is 15.8 Å². The molecule has 0 saturated carbocycles. The van der Waals surface area contributed by atoms with Crippen molar-refractivity contribution in [3.63, 3.8) is 0 Å². The van der Waals surface area contributed by atoms with Crippen molar-refractivity contribution < 1.29 is 14.0 Å². The van der Waals surface area contributed by atoms with Gasteiger partial charge in [-0.2, -0.15) is 0 Å². The summed E-state index contributed by atoms with van der Waals surface area (Å²) in [5.41, 5.74) is 1.14. The lowest BCUT2D eigenvalue weighted by atomic mass is 9.93. The van der Waals surface area contributed by atoms with E-state index in [1.165, 1.54) is 12.1 Å². The molecule has 1 saturated heterocycles. The molecule has 1 aliphatic rings. The number of carbonyl (C=O) groups is 2. The van der Waals surface area contributed by atoms with Gasteiger partial charge in [0.25, 0.3) is 5.91 Å². The maximum Gasteiger partial charge on any atom is 0.270 e. The highest BCUT2D eigenvalue weighted by atomic mass is 32.1. The summed E-state index contributed by atoms with van der Waals surface area (Å²) in [5, 5.41) is 3.05. The van der Waals surface area contributed by atoms with Gasteiger partial charge < -0.3 is 14.4 Å². The molecule has 7 heteroatoms. The Balaban J connectivity index is 1.58. The zero-order valence-electron chi connectivity index (χ0n) is 18.4. The maximum absolute atomic E-state index is 13.5. The summed E-state index contributed by atoms with van der Waals surface area (Å²) in [6.07, 6.45) is 0. The first kappa shape index (κ1) is 21.6. The van der Waals surface area contributed by atoms with Crippen LogP contribution in [-0.2, 0) is 11.3 Å². The van der Waals surface area contributed by atoms with Crippen LogP contribution in [0.2, 0.25) is 0 Å². The summed E-state index contributed by atoms with van der Waals surface area (Å²) in [7, 11) is 0. The maximum atomic E-state index is 13.5. The summed E-state index contributed by atoms with van der Waals surface area (Å²) in [5.74, 6) is -0.182. The number of thiophene rings is 1. The number of benzene rings is 1. The lowest BCUT2D eigenvalue weighted by Gasteiger charge is -2.42. The van der Waals surface area contributed by atoms with Gasteiger partial charge in [0.15, 0.2) is 0 Å². The largest absolute Gasteiger partial charge is 0.336 e. The number of aromatic nitrogens is 1. The lowest BCUT2D eigenvalue weighted by Crippen LogP contribution is -2.57. The van der Waals surface area contributed by atoms with Crippen LogP contribution < -0.4 is 0 Å². The molecule has 3 aromatic rings. The second kappa shape index (κ2) is 8.11. The fourth-order valence-electron chi connectivity index (χ4n) is 4.12. The molecule has 2 aromatic heterocycles. The normalized spacial score (nSPS) is 17.4. The minimum atomic E-state index is -0.436. The minimum absolute atomic E-state index is 0.0276. The second-order valence-electron chi connectivity index (χ2n) is 9.27. The highest BCUT2D eigenvalue weighted by Gasteiger charge is 2.35. The Bertz CT molecular complexity index is 1110. The Morgan fingerprint density at radius 1 is 1.13 bits per heavy atom. The lowest BCUT2D eigenvalue weighted by molar-refractivity contribution is -0.143. The first-order chi connectivity index (χ1) is 14.6. The molecule has 0 spiro atoms. The fourth-order valence-corrected chi connectivity index (χ4v) is 5.01. The Labute approximate surface area is 186 Å². The topological polar surface area (TPSA) is 45.6 Å². The second-order valence-corrected chi connectivity index (χ2v) is 10.2. The average Bonchev–Trinajstić information content (AvgIpc) is 3.30. The van der Waals surface area contributed by atoms with E-state index < -0.39 is 5.41 Å². The van der Waals surface area contributed by atoms with Crippen LogP contribution in [0.25, 0.3) is 10.2 Å². The molecular weight excluding hydrogens is 413 g/mol. The van der Waals surface area contributed by atoms with Gasteiger partial charge in [-0.25, -0.2) is 4.39 Å². The third kappa shape index (κ3) is 4.24. The number of hydrogen-bond acceptors (Lipinski definition) is 3. The van der Waals surface area contributed by atoms with Crippen LogP contribution in [0.4, 0.5) is 4.39 Å². The molecule has 164 valence electrons. The first-order valence-electron chi connectivity index (χ1n) is 10.6. The number of piperazine rings is 1. The molecule has 3 heterocycles. The molecule has 31 heavy (non-hydrogen) atoms. The number of nitrogens with zero attached hydrogens (tertiary/aromatic N) is 3. The van der Waals surface area contributed by atoms with Crippen LogP contribution in [-0.4, -0.2) is 51.9 Å². The van der Waals surface area contributed by atoms with Gasteiger partial charge in [-0.3, -0.25) is 9.59 Å². The van der Waals surface area contributed by atoms with Crippen molar-refractivity contribution in [1.29, 1.82) is 0 Å². The zero-order valence-corrected chi connectivity index (χ0v) is 19.2. The van der Waals surface area contributed by atoms with Crippen LogP contribution >= 0.6 is 11.3 Å². The number of fused-ring (bicyclic) bond motifs is 1. The van der Waals surface area contributed by atoms with Gasteiger partial charge in [0.05, 0.1) is 0 Å². The van der Waals surface area contributed by atoms with Crippen molar-refractivity contribution in [2.45, 2.75) is 40.3 Å². The van der Waals surface area contributed by atoms with E-state index in [1.54, 1.807) is 23.5 Å². The monoisotopic (exact) mass is 441 g/mol. The molecule has 0 radical (unpaired) electrons. The molecule has 2 amide bonds. The number of halogens is 1. The van der Waals surface area contributed by atoms with Crippen molar-refractivity contribution in [3.05, 3.63) is 58.9 Å². The number of hydrogen-bond donors (Lipinski definition) is 0. The average molecular weight is 442 g/mol. The third-order valence-corrected chi connectivity index (χ3v) is 6.74. The van der Waals surface area contributed by atoms with Crippen LogP contribution in [0, 0.1) is 11.2 Å². The van der Waals surface area contributed by atoms with Gasteiger partial charge in [-0.05, 0) is 42.1 Å². The molecule has 4 rings (SSSR count). The van der Waals surface area contributed by atoms with Crippen LogP contribution in [0.5, 0.6) is 0 Å². The van der Waals surface area contributed by atoms with Crippen LogP contribution in [0.3, 0.4) is 0 Å². The van der Waals surface area contributed by atoms with Crippen molar-refractivity contribution in [2.75, 3.05) is 19.6 Å². The van der Waals surface area contributed by atoms with E-state index in [9.17, 15) is 14.0 Å². The molecule has 1 aliphatic heterocycles. The Morgan fingerprint density at radius 3 is 2.48 bits per heavy atom. The highest BCUT2D eigenvalue weighted by Crippen LogP contribution is 2.28. The smallest absolute Gasteiger partial charge is 0.270 e. The molecule has 0 N–H and O–H groups in total. The van der Waals surface area contributed by atoms with Gasteiger partial charge >= 0.3 is 0 Å². The van der Waals surface area contributed by atoms with Crippen LogP contribution in [0.15, 0.2) is 41.8 Å². The standard InChI is InChI=1S/C24H28FN3O2S/c1-16-14-26(10-11-27(16)23(30)24(2,3)4)21(29)20-13-18-9-12-31-22(18)28(20)15-17-5-7-19(25)8-6-17/h5-9,12-13,16H,10-11,14-15H2,1-4H3. The minimum Gasteiger partial charge on any atom is -0.336 e. The molecule has 1 aromatic carbocycles. The third-order valence-electron chi connectivity index (χ3n) is 5.79. The summed E-state index contributed by atoms with van der Waals surface area (Å²) >= 11 is 1.59. The number of amides is 2. The van der Waals surface area contributed by atoms with Crippen molar-refractivity contribution in [3.8, 4) is 0 Å². The van der Waals surface area contributed by atoms with Gasteiger partial charge in [0.1, 0.15) is 16.3 Å². The Hall–Kier alpha value is -2.67. The predicted molar refractivity (Wildman–Crippen MR) is 122 cm³/mol. The molecule has 1 fully saturated rings. The van der Waals surface area contributed by atoms with Crippen molar-refractivity contribution >= 4 is 33.4 Å². The first-order valence-corrected chi connectivity index (χ1v) is 11.4. The van der Waals surface area contributed by atoms with E-state index in [-0.39, 0.29) is 23.7 Å². The van der Waals surface area contributed by atoms with Crippen molar-refractivity contribution in [2.24, 2.45) is 5.41 Å². The molecule has 1 atom stereocenters. The fraction of sp³-hybridized carbons (Fsp3) is 0.417. The summed E-state index contributed by atoms with van der Waals surface area (Å²) in [6, 6.07) is 10.3. The zero-order chi connectivity index (χ0) is 22.3. The Morgan fingerprint density at radius 2 is 1.84 bits per heavy atom. The van der Waals surface area contributed by atoms with E-state index in [2.05, 4.69) is 0 Å². The molecule has 1 unspecified atom stereocenters. The van der Waals surface area contributed by atoms with Gasteiger partial charge in [-0.15, -0.1) is 11.3 Å². The quantitative estimate of drug-likeness (QED) is 0.596. The molecular formula is C24H28FN3O2S. The predicted octanol–water partition coefficient (Wildman–Crippen LogP) is 4.61. The van der Waals surface area contributed by atoms with Gasteiger partial charge in [0, 0.05) is 43.0 Å². The number of carbonyl (C=O) groups excluding carboxylic acids is 2. The molecule has 5 nitrogen and oxygen atoms in total. The highest BCUT2D eigenvalue weighted by molar-refractivity contribution is 7.16. The van der Waals surface area contributed by atoms with E-state index in [1.807, 2.05) is 59.6 Å². The summed E-state index contributed by atoms with van der Waals surface area (Å²) in [4.78, 5) is 31.0. The van der Waals surface area contributed by atoms with Crippen LogP contribution in [0.1, 0.15) is 43.7 Å². The SMILES string of the molecule is CC1CN(C(=O)c2cc3ccsc3n2Cc2ccc(F)cc2)CCN1C(=O)C(C)(C)C. The van der Waals surface area contributed by atoms with Gasteiger partial charge in [0.2, 0.25) is 5.91 Å². The van der Waals surface area contributed by atoms with Crippen molar-refractivity contribution in [1.82, 2.24) is 14.4 Å². The molecule has 0 bridgehead atoms. The summed E-state index contributed by atoms with van der Waals surface area (Å²) < 4.78 is 15.3. The van der Waals surface area contributed by atoms with E-state index >= 15 is 0 Å². The molecule has 0 aliphatic carbocycles. The summed E-state index contributed by atoms with van der Waals surface area (Å²) in [6.45, 7) is 9.84. The van der Waals surface area contributed by atoms with E-state index in [0.29, 0.717) is 31.9 Å². The Kier molecular flexibility index (Phi) is 5.64. The van der Waals surface area contributed by atoms with E-state index in [4.69, 9.17) is 0 Å².